The van der Waals surface area contributed by atoms with Gasteiger partial charge in [-0.2, -0.15) is 0 Å². The van der Waals surface area contributed by atoms with Gasteiger partial charge in [-0.3, -0.25) is 9.59 Å². The van der Waals surface area contributed by atoms with E-state index in [2.05, 4.69) is 6.92 Å². The van der Waals surface area contributed by atoms with Crippen LogP contribution in [0.15, 0.2) is 0 Å². The highest BCUT2D eigenvalue weighted by molar-refractivity contribution is 5.86. The Labute approximate surface area is 83.9 Å². The number of hydrogen-bond acceptors (Lipinski definition) is 3. The van der Waals surface area contributed by atoms with Crippen LogP contribution in [-0.2, 0) is 9.59 Å². The molecule has 0 radical (unpaired) electrons. The summed E-state index contributed by atoms with van der Waals surface area (Å²) >= 11 is 0. The highest BCUT2D eigenvalue weighted by atomic mass is 16.4. The molecule has 0 fully saturated rings. The van der Waals surface area contributed by atoms with Crippen molar-refractivity contribution in [2.75, 3.05) is 0 Å². The average molecular weight is 202 g/mol. The molecule has 0 unspecified atom stereocenters. The maximum absolute atomic E-state index is 11.1. The molecule has 0 bridgehead atoms. The van der Waals surface area contributed by atoms with Gasteiger partial charge in [0.15, 0.2) is 5.78 Å². The third-order valence-corrected chi connectivity index (χ3v) is 2.02. The Morgan fingerprint density at radius 2 is 1.86 bits per heavy atom. The number of rotatable bonds is 8. The van der Waals surface area contributed by atoms with Crippen LogP contribution in [0.5, 0.6) is 0 Å². The molecule has 0 aromatic rings. The van der Waals surface area contributed by atoms with Crippen LogP contribution in [0.3, 0.4) is 0 Å². The van der Waals surface area contributed by atoms with Crippen molar-refractivity contribution < 1.29 is 19.8 Å². The lowest BCUT2D eigenvalue weighted by atomic mass is 10.1. The summed E-state index contributed by atoms with van der Waals surface area (Å²) in [5.74, 6) is -1.50. The zero-order valence-electron chi connectivity index (χ0n) is 8.53. The summed E-state index contributed by atoms with van der Waals surface area (Å²) in [4.78, 5) is 21.3. The molecule has 0 spiro atoms. The van der Waals surface area contributed by atoms with Gasteiger partial charge in [0.05, 0.1) is 6.42 Å². The van der Waals surface area contributed by atoms with Crippen LogP contribution in [0, 0.1) is 0 Å². The molecule has 0 aromatic carbocycles. The number of Topliss-reactive ketones (excluding diaryl/α,β-unsaturated/α-hetero) is 1. The molecule has 1 atom stereocenters. The minimum atomic E-state index is -1.32. The summed E-state index contributed by atoms with van der Waals surface area (Å²) < 4.78 is 0. The summed E-state index contributed by atoms with van der Waals surface area (Å²) in [7, 11) is 0. The quantitative estimate of drug-likeness (QED) is 0.583. The second-order valence-corrected chi connectivity index (χ2v) is 3.39. The van der Waals surface area contributed by atoms with Crippen molar-refractivity contribution in [1.82, 2.24) is 0 Å². The minimum Gasteiger partial charge on any atom is -0.481 e. The zero-order chi connectivity index (χ0) is 11.0. The Kier molecular flexibility index (Phi) is 7.02. The second-order valence-electron chi connectivity index (χ2n) is 3.39. The first-order valence-electron chi connectivity index (χ1n) is 5.00. The standard InChI is InChI=1S/C10H18O4/c1-2-3-4-5-6-8(11)9(12)7-10(13)14/h9,12H,2-7H2,1H3,(H,13,14)/t9-/m1/s1. The number of hydrogen-bond donors (Lipinski definition) is 2. The van der Waals surface area contributed by atoms with Gasteiger partial charge in [-0.1, -0.05) is 26.2 Å². The Bertz CT molecular complexity index is 189. The van der Waals surface area contributed by atoms with Crippen molar-refractivity contribution in [1.29, 1.82) is 0 Å². The van der Waals surface area contributed by atoms with E-state index in [0.717, 1.165) is 25.7 Å². The van der Waals surface area contributed by atoms with Gasteiger partial charge < -0.3 is 10.2 Å². The minimum absolute atomic E-state index is 0.286. The van der Waals surface area contributed by atoms with Crippen LogP contribution < -0.4 is 0 Å². The molecule has 82 valence electrons. The summed E-state index contributed by atoms with van der Waals surface area (Å²) in [5.41, 5.74) is 0. The monoisotopic (exact) mass is 202 g/mol. The van der Waals surface area contributed by atoms with Crippen LogP contribution in [0.25, 0.3) is 0 Å². The van der Waals surface area contributed by atoms with Crippen molar-refractivity contribution in [2.24, 2.45) is 0 Å². The van der Waals surface area contributed by atoms with Crippen LogP contribution in [0.2, 0.25) is 0 Å². The molecule has 4 nitrogen and oxygen atoms in total. The highest BCUT2D eigenvalue weighted by Gasteiger charge is 2.17. The molecule has 0 amide bonds. The van der Waals surface area contributed by atoms with Gasteiger partial charge in [-0.05, 0) is 6.42 Å². The number of ketones is 1. The fraction of sp³-hybridized carbons (Fsp3) is 0.800. The number of carboxylic acids is 1. The van der Waals surface area contributed by atoms with E-state index in [4.69, 9.17) is 10.2 Å². The average Bonchev–Trinajstić information content (AvgIpc) is 2.11. The van der Waals surface area contributed by atoms with Crippen molar-refractivity contribution >= 4 is 11.8 Å². The lowest BCUT2D eigenvalue weighted by Gasteiger charge is -2.05. The van der Waals surface area contributed by atoms with Gasteiger partial charge in [-0.15, -0.1) is 0 Å². The number of aliphatic carboxylic acids is 1. The maximum Gasteiger partial charge on any atom is 0.306 e. The lowest BCUT2D eigenvalue weighted by molar-refractivity contribution is -0.143. The molecule has 2 N–H and O–H groups in total. The predicted octanol–water partition coefficient (Wildman–Crippen LogP) is 1.36. The normalized spacial score (nSPS) is 12.4. The fourth-order valence-electron chi connectivity index (χ4n) is 1.17. The van der Waals surface area contributed by atoms with Crippen LogP contribution in [-0.4, -0.2) is 28.1 Å². The summed E-state index contributed by atoms with van der Waals surface area (Å²) in [6.07, 6.45) is 2.34. The van der Waals surface area contributed by atoms with Gasteiger partial charge in [-0.25, -0.2) is 0 Å². The Morgan fingerprint density at radius 3 is 2.36 bits per heavy atom. The van der Waals surface area contributed by atoms with Crippen molar-refractivity contribution in [2.45, 2.75) is 51.6 Å². The largest absolute Gasteiger partial charge is 0.481 e. The van der Waals surface area contributed by atoms with E-state index in [9.17, 15) is 9.59 Å². The SMILES string of the molecule is CCCCCCC(=O)[C@H](O)CC(=O)O. The van der Waals surface area contributed by atoms with Gasteiger partial charge in [0.25, 0.3) is 0 Å². The zero-order valence-corrected chi connectivity index (χ0v) is 8.53. The van der Waals surface area contributed by atoms with Gasteiger partial charge >= 0.3 is 5.97 Å². The van der Waals surface area contributed by atoms with Crippen molar-refractivity contribution in [3.05, 3.63) is 0 Å². The fourth-order valence-corrected chi connectivity index (χ4v) is 1.17. The van der Waals surface area contributed by atoms with E-state index in [0.29, 0.717) is 0 Å². The second kappa shape index (κ2) is 7.50. The Hall–Kier alpha value is -0.900. The molecule has 14 heavy (non-hydrogen) atoms. The molecule has 0 saturated carbocycles. The smallest absolute Gasteiger partial charge is 0.306 e. The summed E-state index contributed by atoms with van der Waals surface area (Å²) in [6, 6.07) is 0. The van der Waals surface area contributed by atoms with Crippen molar-refractivity contribution in [3.63, 3.8) is 0 Å². The van der Waals surface area contributed by atoms with Gasteiger partial charge in [0.2, 0.25) is 0 Å². The number of aliphatic hydroxyl groups excluding tert-OH is 1. The van der Waals surface area contributed by atoms with E-state index in [-0.39, 0.29) is 12.2 Å². The summed E-state index contributed by atoms with van der Waals surface area (Å²) in [6.45, 7) is 2.07. The van der Waals surface area contributed by atoms with E-state index >= 15 is 0 Å². The first-order valence-corrected chi connectivity index (χ1v) is 5.00. The highest BCUT2D eigenvalue weighted by Crippen LogP contribution is 2.06. The predicted molar refractivity (Wildman–Crippen MR) is 52.0 cm³/mol. The number of unbranched alkanes of at least 4 members (excludes halogenated alkanes) is 3. The van der Waals surface area contributed by atoms with E-state index in [1.54, 1.807) is 0 Å². The van der Waals surface area contributed by atoms with E-state index in [1.807, 2.05) is 0 Å². The molecule has 0 aliphatic heterocycles. The third-order valence-electron chi connectivity index (χ3n) is 2.02. The van der Waals surface area contributed by atoms with Crippen LogP contribution in [0.1, 0.15) is 45.4 Å². The van der Waals surface area contributed by atoms with Crippen LogP contribution >= 0.6 is 0 Å². The maximum atomic E-state index is 11.1. The van der Waals surface area contributed by atoms with E-state index < -0.39 is 18.5 Å². The first-order chi connectivity index (χ1) is 6.57. The molecule has 4 heteroatoms. The third kappa shape index (κ3) is 6.60. The number of carbonyl (C=O) groups excluding carboxylic acids is 1. The number of aliphatic hydroxyl groups is 1. The number of carboxylic acid groups (broad SMARTS) is 1. The molecular weight excluding hydrogens is 184 g/mol. The summed E-state index contributed by atoms with van der Waals surface area (Å²) in [5, 5.41) is 17.4. The van der Waals surface area contributed by atoms with E-state index in [1.165, 1.54) is 0 Å². The topological polar surface area (TPSA) is 74.6 Å². The van der Waals surface area contributed by atoms with Gasteiger partial charge in [0, 0.05) is 6.42 Å². The Balaban J connectivity index is 3.57. The molecule has 0 aliphatic rings. The Morgan fingerprint density at radius 1 is 1.21 bits per heavy atom. The first kappa shape index (κ1) is 13.1. The molecule has 0 saturated heterocycles. The van der Waals surface area contributed by atoms with Crippen LogP contribution in [0.4, 0.5) is 0 Å². The molecule has 0 rings (SSSR count). The molecular formula is C10H18O4. The molecule has 0 aromatic heterocycles. The molecule has 0 aliphatic carbocycles. The van der Waals surface area contributed by atoms with Gasteiger partial charge in [0.1, 0.15) is 6.10 Å². The van der Waals surface area contributed by atoms with Crippen molar-refractivity contribution in [3.8, 4) is 0 Å². The number of carbonyl (C=O) groups is 2. The lowest BCUT2D eigenvalue weighted by Crippen LogP contribution is -2.23. The molecule has 0 heterocycles.